The van der Waals surface area contributed by atoms with E-state index in [2.05, 4.69) is 4.98 Å². The first-order chi connectivity index (χ1) is 6.72. The van der Waals surface area contributed by atoms with Gasteiger partial charge in [0.2, 0.25) is 0 Å². The highest BCUT2D eigenvalue weighted by atomic mass is 32.1. The van der Waals surface area contributed by atoms with Crippen molar-refractivity contribution in [1.29, 1.82) is 0 Å². The van der Waals surface area contributed by atoms with Crippen LogP contribution in [0.5, 0.6) is 0 Å². The number of methoxy groups -OCH3 is 1. The van der Waals surface area contributed by atoms with Crippen LogP contribution in [0.3, 0.4) is 0 Å². The average Bonchev–Trinajstić information content (AvgIpc) is 2.84. The summed E-state index contributed by atoms with van der Waals surface area (Å²) in [5, 5.41) is 9.52. The first-order valence-corrected chi connectivity index (χ1v) is 5.26. The Morgan fingerprint density at radius 1 is 1.79 bits per heavy atom. The molecule has 1 fully saturated rings. The molecule has 0 radical (unpaired) electrons. The molecule has 14 heavy (non-hydrogen) atoms. The molecule has 0 amide bonds. The van der Waals surface area contributed by atoms with Crippen LogP contribution in [0.25, 0.3) is 0 Å². The minimum atomic E-state index is -0.917. The summed E-state index contributed by atoms with van der Waals surface area (Å²) in [4.78, 5) is 15.0. The molecule has 1 unspecified atom stereocenters. The van der Waals surface area contributed by atoms with Gasteiger partial charge in [0.25, 0.3) is 0 Å². The Labute approximate surface area is 85.5 Å². The second-order valence-electron chi connectivity index (χ2n) is 3.36. The van der Waals surface area contributed by atoms with Crippen LogP contribution in [0.1, 0.15) is 33.6 Å². The number of thiazole rings is 1. The first-order valence-electron chi connectivity index (χ1n) is 4.44. The molecule has 76 valence electrons. The van der Waals surface area contributed by atoms with Crippen molar-refractivity contribution < 1.29 is 14.6 Å². The van der Waals surface area contributed by atoms with Crippen molar-refractivity contribution in [2.24, 2.45) is 5.92 Å². The number of ether oxygens (including phenoxy) is 1. The van der Waals surface area contributed by atoms with Gasteiger partial charge in [0.1, 0.15) is 16.0 Å². The third-order valence-electron chi connectivity index (χ3n) is 2.28. The van der Waals surface area contributed by atoms with Crippen LogP contribution < -0.4 is 0 Å². The lowest BCUT2D eigenvalue weighted by Gasteiger charge is -2.09. The largest absolute Gasteiger partial charge is 0.477 e. The van der Waals surface area contributed by atoms with Gasteiger partial charge in [-0.2, -0.15) is 0 Å². The molecular weight excluding hydrogens is 202 g/mol. The van der Waals surface area contributed by atoms with E-state index in [1.54, 1.807) is 7.11 Å². The highest BCUT2D eigenvalue weighted by Crippen LogP contribution is 2.43. The van der Waals surface area contributed by atoms with E-state index in [0.29, 0.717) is 5.92 Å². The molecule has 0 aliphatic heterocycles. The SMILES string of the molecule is COC(c1ncc(C(=O)O)s1)C1CC1. The Hall–Kier alpha value is -0.940. The third-order valence-corrected chi connectivity index (χ3v) is 3.33. The highest BCUT2D eigenvalue weighted by molar-refractivity contribution is 7.13. The number of rotatable bonds is 4. The van der Waals surface area contributed by atoms with Gasteiger partial charge in [0.05, 0.1) is 6.20 Å². The number of nitrogens with zero attached hydrogens (tertiary/aromatic N) is 1. The lowest BCUT2D eigenvalue weighted by atomic mass is 10.2. The number of hydrogen-bond acceptors (Lipinski definition) is 4. The zero-order chi connectivity index (χ0) is 10.1. The van der Waals surface area contributed by atoms with E-state index in [9.17, 15) is 4.79 Å². The normalized spacial score (nSPS) is 18.1. The number of carbonyl (C=O) groups is 1. The predicted molar refractivity (Wildman–Crippen MR) is 51.5 cm³/mol. The van der Waals surface area contributed by atoms with Gasteiger partial charge in [0, 0.05) is 7.11 Å². The third kappa shape index (κ3) is 1.78. The molecule has 0 bridgehead atoms. The molecule has 2 rings (SSSR count). The number of aromatic carboxylic acids is 1. The number of hydrogen-bond donors (Lipinski definition) is 1. The van der Waals surface area contributed by atoms with E-state index < -0.39 is 5.97 Å². The van der Waals surface area contributed by atoms with Crippen molar-refractivity contribution in [3.05, 3.63) is 16.1 Å². The lowest BCUT2D eigenvalue weighted by molar-refractivity contribution is 0.0702. The van der Waals surface area contributed by atoms with Crippen LogP contribution in [-0.2, 0) is 4.74 Å². The van der Waals surface area contributed by atoms with Gasteiger partial charge >= 0.3 is 5.97 Å². The highest BCUT2D eigenvalue weighted by Gasteiger charge is 2.34. The van der Waals surface area contributed by atoms with Gasteiger partial charge < -0.3 is 9.84 Å². The second-order valence-corrected chi connectivity index (χ2v) is 4.42. The molecule has 0 aromatic carbocycles. The van der Waals surface area contributed by atoms with Crippen LogP contribution in [0, 0.1) is 5.92 Å². The summed E-state index contributed by atoms with van der Waals surface area (Å²) in [6.45, 7) is 0. The van der Waals surface area contributed by atoms with E-state index in [0.717, 1.165) is 17.8 Å². The number of carboxylic acid groups (broad SMARTS) is 1. The molecule has 5 heteroatoms. The van der Waals surface area contributed by atoms with Gasteiger partial charge in [-0.1, -0.05) is 0 Å². The fourth-order valence-corrected chi connectivity index (χ4v) is 2.34. The fourth-order valence-electron chi connectivity index (χ4n) is 1.41. The smallest absolute Gasteiger partial charge is 0.347 e. The molecule has 0 spiro atoms. The van der Waals surface area contributed by atoms with Gasteiger partial charge in [-0.05, 0) is 18.8 Å². The van der Waals surface area contributed by atoms with Crippen molar-refractivity contribution in [3.8, 4) is 0 Å². The van der Waals surface area contributed by atoms with Crippen LogP contribution in [0.4, 0.5) is 0 Å². The summed E-state index contributed by atoms with van der Waals surface area (Å²) in [6.07, 6.45) is 3.70. The summed E-state index contributed by atoms with van der Waals surface area (Å²) >= 11 is 1.21. The fraction of sp³-hybridized carbons (Fsp3) is 0.556. The maximum Gasteiger partial charge on any atom is 0.347 e. The Bertz CT molecular complexity index is 346. The molecular formula is C9H11NO3S. The minimum absolute atomic E-state index is 0.00639. The van der Waals surface area contributed by atoms with Crippen LogP contribution in [0.15, 0.2) is 6.20 Å². The molecule has 1 aliphatic carbocycles. The molecule has 1 aromatic heterocycles. The summed E-state index contributed by atoms with van der Waals surface area (Å²) in [7, 11) is 1.64. The molecule has 1 saturated carbocycles. The van der Waals surface area contributed by atoms with Gasteiger partial charge in [0.15, 0.2) is 0 Å². The van der Waals surface area contributed by atoms with Crippen LogP contribution >= 0.6 is 11.3 Å². The van der Waals surface area contributed by atoms with Crippen molar-refractivity contribution in [2.45, 2.75) is 18.9 Å². The average molecular weight is 213 g/mol. The predicted octanol–water partition coefficient (Wildman–Crippen LogP) is 1.94. The monoisotopic (exact) mass is 213 g/mol. The minimum Gasteiger partial charge on any atom is -0.477 e. The lowest BCUT2D eigenvalue weighted by Crippen LogP contribution is -2.02. The Balaban J connectivity index is 2.17. The molecule has 1 heterocycles. The summed E-state index contributed by atoms with van der Waals surface area (Å²) < 4.78 is 5.31. The van der Waals surface area contributed by atoms with E-state index in [-0.39, 0.29) is 11.0 Å². The van der Waals surface area contributed by atoms with Gasteiger partial charge in [-0.25, -0.2) is 9.78 Å². The standard InChI is InChI=1S/C9H11NO3S/c1-13-7(5-2-3-5)8-10-4-6(14-8)9(11)12/h4-5,7H,2-3H2,1H3,(H,11,12). The summed E-state index contributed by atoms with van der Waals surface area (Å²) in [5.74, 6) is -0.382. The van der Waals surface area contributed by atoms with Crippen molar-refractivity contribution in [2.75, 3.05) is 7.11 Å². The van der Waals surface area contributed by atoms with Crippen LogP contribution in [-0.4, -0.2) is 23.2 Å². The maximum absolute atomic E-state index is 10.6. The Morgan fingerprint density at radius 3 is 2.93 bits per heavy atom. The van der Waals surface area contributed by atoms with Gasteiger partial charge in [-0.3, -0.25) is 0 Å². The van der Waals surface area contributed by atoms with Crippen molar-refractivity contribution in [3.63, 3.8) is 0 Å². The summed E-state index contributed by atoms with van der Waals surface area (Å²) in [5.41, 5.74) is 0. The second kappa shape index (κ2) is 3.67. The zero-order valence-electron chi connectivity index (χ0n) is 7.77. The molecule has 1 aromatic rings. The Morgan fingerprint density at radius 2 is 2.50 bits per heavy atom. The molecule has 1 N–H and O–H groups in total. The van der Waals surface area contributed by atoms with Crippen molar-refractivity contribution in [1.82, 2.24) is 4.98 Å². The molecule has 1 aliphatic rings. The first kappa shape index (κ1) is 9.61. The van der Waals surface area contributed by atoms with E-state index >= 15 is 0 Å². The maximum atomic E-state index is 10.6. The Kier molecular flexibility index (Phi) is 2.52. The topological polar surface area (TPSA) is 59.4 Å². The van der Waals surface area contributed by atoms with E-state index in [4.69, 9.17) is 9.84 Å². The van der Waals surface area contributed by atoms with Crippen molar-refractivity contribution >= 4 is 17.3 Å². The van der Waals surface area contributed by atoms with E-state index in [1.165, 1.54) is 17.5 Å². The molecule has 4 nitrogen and oxygen atoms in total. The van der Waals surface area contributed by atoms with E-state index in [1.807, 2.05) is 0 Å². The number of carboxylic acids is 1. The van der Waals surface area contributed by atoms with Gasteiger partial charge in [-0.15, -0.1) is 11.3 Å². The number of aromatic nitrogens is 1. The summed E-state index contributed by atoms with van der Waals surface area (Å²) in [6, 6.07) is 0. The molecule has 1 atom stereocenters. The zero-order valence-corrected chi connectivity index (χ0v) is 8.58. The quantitative estimate of drug-likeness (QED) is 0.830. The molecule has 0 saturated heterocycles. The van der Waals surface area contributed by atoms with Crippen LogP contribution in [0.2, 0.25) is 0 Å².